The van der Waals surface area contributed by atoms with Gasteiger partial charge in [-0.15, -0.1) is 0 Å². The van der Waals surface area contributed by atoms with E-state index in [1.54, 1.807) is 12.3 Å². The number of pyridine rings is 1. The van der Waals surface area contributed by atoms with Crippen LogP contribution in [0.4, 0.5) is 5.82 Å². The summed E-state index contributed by atoms with van der Waals surface area (Å²) in [5.41, 5.74) is 0. The van der Waals surface area contributed by atoms with E-state index in [9.17, 15) is 0 Å². The lowest BCUT2D eigenvalue weighted by Gasteiger charge is -2.12. The van der Waals surface area contributed by atoms with E-state index in [4.69, 9.17) is 11.6 Å². The Kier molecular flexibility index (Phi) is 2.73. The Hall–Kier alpha value is -0.280. The molecule has 0 spiro atoms. The second-order valence-electron chi connectivity index (χ2n) is 2.32. The van der Waals surface area contributed by atoms with E-state index in [0.29, 0.717) is 5.02 Å². The summed E-state index contributed by atoms with van der Waals surface area (Å²) in [4.78, 5) is 6.03. The van der Waals surface area contributed by atoms with Crippen molar-refractivity contribution in [3.05, 3.63) is 21.8 Å². The lowest BCUT2D eigenvalue weighted by molar-refractivity contribution is 1.06. The van der Waals surface area contributed by atoms with Gasteiger partial charge in [0.15, 0.2) is 0 Å². The Morgan fingerprint density at radius 2 is 2.18 bits per heavy atom. The summed E-state index contributed by atoms with van der Waals surface area (Å²) in [6.07, 6.45) is 1.68. The van der Waals surface area contributed by atoms with Gasteiger partial charge in [-0.05, 0) is 22.0 Å². The van der Waals surface area contributed by atoms with Gasteiger partial charge in [-0.3, -0.25) is 0 Å². The molecule has 60 valence electrons. The molecule has 0 fully saturated rings. The molecule has 0 saturated heterocycles. The zero-order valence-corrected chi connectivity index (χ0v) is 8.65. The van der Waals surface area contributed by atoms with E-state index < -0.39 is 0 Å². The van der Waals surface area contributed by atoms with Crippen molar-refractivity contribution < 1.29 is 0 Å². The van der Waals surface area contributed by atoms with Crippen molar-refractivity contribution in [3.63, 3.8) is 0 Å². The fourth-order valence-corrected chi connectivity index (χ4v) is 1.45. The van der Waals surface area contributed by atoms with Gasteiger partial charge < -0.3 is 4.90 Å². The van der Waals surface area contributed by atoms with Gasteiger partial charge in [0.1, 0.15) is 5.82 Å². The van der Waals surface area contributed by atoms with E-state index in [0.717, 1.165) is 10.3 Å². The fraction of sp³-hybridized carbons (Fsp3) is 0.286. The van der Waals surface area contributed by atoms with E-state index in [2.05, 4.69) is 20.9 Å². The number of hydrogen-bond acceptors (Lipinski definition) is 2. The zero-order chi connectivity index (χ0) is 8.43. The maximum absolute atomic E-state index is 5.84. The van der Waals surface area contributed by atoms with Crippen molar-refractivity contribution in [2.45, 2.75) is 0 Å². The van der Waals surface area contributed by atoms with Crippen LogP contribution in [0.25, 0.3) is 0 Å². The molecular weight excluding hydrogens is 227 g/mol. The highest BCUT2D eigenvalue weighted by molar-refractivity contribution is 9.10. The quantitative estimate of drug-likeness (QED) is 0.744. The zero-order valence-electron chi connectivity index (χ0n) is 6.31. The number of aromatic nitrogens is 1. The Balaban J connectivity index is 3.17. The molecule has 0 bridgehead atoms. The Morgan fingerprint density at radius 1 is 1.55 bits per heavy atom. The van der Waals surface area contributed by atoms with Gasteiger partial charge in [-0.25, -0.2) is 4.98 Å². The summed E-state index contributed by atoms with van der Waals surface area (Å²) >= 11 is 9.19. The fourth-order valence-electron chi connectivity index (χ4n) is 0.722. The molecule has 4 heteroatoms. The molecule has 0 aromatic carbocycles. The summed E-state index contributed by atoms with van der Waals surface area (Å²) in [5.74, 6) is 0.845. The number of nitrogens with zero attached hydrogens (tertiary/aromatic N) is 2. The highest BCUT2D eigenvalue weighted by Crippen LogP contribution is 2.29. The third-order valence-corrected chi connectivity index (χ3v) is 2.57. The van der Waals surface area contributed by atoms with E-state index in [1.807, 2.05) is 19.0 Å². The van der Waals surface area contributed by atoms with Crippen LogP contribution in [0, 0.1) is 0 Å². The van der Waals surface area contributed by atoms with Gasteiger partial charge in [0.05, 0.1) is 9.50 Å². The largest absolute Gasteiger partial charge is 0.362 e. The first kappa shape index (κ1) is 8.81. The number of anilines is 1. The van der Waals surface area contributed by atoms with Crippen LogP contribution < -0.4 is 4.90 Å². The van der Waals surface area contributed by atoms with Crippen LogP contribution in [0.1, 0.15) is 0 Å². The van der Waals surface area contributed by atoms with E-state index >= 15 is 0 Å². The molecule has 2 nitrogen and oxygen atoms in total. The predicted octanol–water partition coefficient (Wildman–Crippen LogP) is 2.56. The summed E-state index contributed by atoms with van der Waals surface area (Å²) in [7, 11) is 3.84. The number of halogens is 2. The second-order valence-corrected chi connectivity index (χ2v) is 3.52. The van der Waals surface area contributed by atoms with E-state index in [-0.39, 0.29) is 0 Å². The highest BCUT2D eigenvalue weighted by atomic mass is 79.9. The van der Waals surface area contributed by atoms with Gasteiger partial charge in [0, 0.05) is 20.3 Å². The average Bonchev–Trinajstić information content (AvgIpc) is 1.94. The summed E-state index contributed by atoms with van der Waals surface area (Å²) in [6, 6.07) is 1.75. The first-order valence-electron chi connectivity index (χ1n) is 3.10. The average molecular weight is 236 g/mol. The van der Waals surface area contributed by atoms with Crippen LogP contribution in [0.5, 0.6) is 0 Å². The Labute approximate surface area is 79.3 Å². The molecule has 0 saturated carbocycles. The first-order chi connectivity index (χ1) is 5.13. The van der Waals surface area contributed by atoms with Gasteiger partial charge in [0.25, 0.3) is 0 Å². The highest BCUT2D eigenvalue weighted by Gasteiger charge is 2.05. The first-order valence-corrected chi connectivity index (χ1v) is 4.27. The van der Waals surface area contributed by atoms with Crippen LogP contribution in [-0.2, 0) is 0 Å². The molecule has 0 unspecified atom stereocenters. The normalized spacial score (nSPS) is 9.82. The molecule has 0 atom stereocenters. The van der Waals surface area contributed by atoms with Crippen LogP contribution in [0.3, 0.4) is 0 Å². The topological polar surface area (TPSA) is 16.1 Å². The summed E-state index contributed by atoms with van der Waals surface area (Å²) in [6.45, 7) is 0. The molecule has 1 aromatic rings. The van der Waals surface area contributed by atoms with Gasteiger partial charge >= 0.3 is 0 Å². The van der Waals surface area contributed by atoms with Crippen LogP contribution >= 0.6 is 27.5 Å². The molecule has 1 aromatic heterocycles. The molecule has 0 N–H and O–H groups in total. The van der Waals surface area contributed by atoms with Gasteiger partial charge in [0.2, 0.25) is 0 Å². The predicted molar refractivity (Wildman–Crippen MR) is 51.3 cm³/mol. The van der Waals surface area contributed by atoms with E-state index in [1.165, 1.54) is 0 Å². The number of rotatable bonds is 1. The molecular formula is C7H8BrClN2. The molecule has 0 amide bonds. The second kappa shape index (κ2) is 3.41. The minimum Gasteiger partial charge on any atom is -0.362 e. The minimum absolute atomic E-state index is 0.684. The van der Waals surface area contributed by atoms with Crippen molar-refractivity contribution in [1.82, 2.24) is 4.98 Å². The van der Waals surface area contributed by atoms with Crippen molar-refractivity contribution >= 4 is 33.3 Å². The lowest BCUT2D eigenvalue weighted by Crippen LogP contribution is -2.11. The van der Waals surface area contributed by atoms with Crippen molar-refractivity contribution in [2.24, 2.45) is 0 Å². The van der Waals surface area contributed by atoms with Gasteiger partial charge in [-0.2, -0.15) is 0 Å². The maximum atomic E-state index is 5.84. The van der Waals surface area contributed by atoms with Crippen LogP contribution in [0.15, 0.2) is 16.7 Å². The van der Waals surface area contributed by atoms with Crippen molar-refractivity contribution in [1.29, 1.82) is 0 Å². The molecule has 0 radical (unpaired) electrons. The SMILES string of the molecule is CN(C)c1nccc(Cl)c1Br. The van der Waals surface area contributed by atoms with Gasteiger partial charge in [-0.1, -0.05) is 11.6 Å². The molecule has 1 heterocycles. The molecule has 0 aliphatic heterocycles. The number of hydrogen-bond donors (Lipinski definition) is 0. The molecule has 1 rings (SSSR count). The smallest absolute Gasteiger partial charge is 0.143 e. The summed E-state index contributed by atoms with van der Waals surface area (Å²) < 4.78 is 0.840. The molecule has 0 aliphatic carbocycles. The van der Waals surface area contributed by atoms with Crippen molar-refractivity contribution in [2.75, 3.05) is 19.0 Å². The molecule has 0 aliphatic rings. The van der Waals surface area contributed by atoms with Crippen LogP contribution in [0.2, 0.25) is 5.02 Å². The minimum atomic E-state index is 0.684. The summed E-state index contributed by atoms with van der Waals surface area (Å²) in [5, 5.41) is 0.684. The third kappa shape index (κ3) is 1.84. The van der Waals surface area contributed by atoms with Crippen LogP contribution in [-0.4, -0.2) is 19.1 Å². The maximum Gasteiger partial charge on any atom is 0.143 e. The Bertz CT molecular complexity index is 263. The van der Waals surface area contributed by atoms with Crippen molar-refractivity contribution in [3.8, 4) is 0 Å². The monoisotopic (exact) mass is 234 g/mol. The standard InChI is InChI=1S/C7H8BrClN2/c1-11(2)7-6(8)5(9)3-4-10-7/h3-4H,1-2H3. The Morgan fingerprint density at radius 3 is 2.64 bits per heavy atom. The molecule has 11 heavy (non-hydrogen) atoms. The lowest BCUT2D eigenvalue weighted by atomic mass is 10.4. The third-order valence-electron chi connectivity index (χ3n) is 1.25.